The van der Waals surface area contributed by atoms with Crippen molar-refractivity contribution in [2.75, 3.05) is 4.43 Å². The van der Waals surface area contributed by atoms with Gasteiger partial charge in [0.1, 0.15) is 0 Å². The fourth-order valence-electron chi connectivity index (χ4n) is 1.61. The molecule has 0 bridgehead atoms. The fraction of sp³-hybridized carbons (Fsp3) is 1.00. The Kier molecular flexibility index (Phi) is 3.79. The molecule has 0 amide bonds. The molecule has 1 heterocycles. The molecular weight excluding hydrogens is 267 g/mol. The van der Waals surface area contributed by atoms with E-state index in [0.29, 0.717) is 12.2 Å². The highest BCUT2D eigenvalue weighted by molar-refractivity contribution is 14.1. The molecule has 0 saturated carbocycles. The highest BCUT2D eigenvalue weighted by Crippen LogP contribution is 2.31. The molecule has 1 aliphatic rings. The van der Waals surface area contributed by atoms with Crippen LogP contribution in [0.1, 0.15) is 33.6 Å². The molecule has 0 aliphatic carbocycles. The molecule has 3 heteroatoms. The number of alkyl halides is 1. The van der Waals surface area contributed by atoms with Crippen molar-refractivity contribution in [1.29, 1.82) is 0 Å². The number of ether oxygens (including phenoxy) is 2. The van der Waals surface area contributed by atoms with Crippen LogP contribution >= 0.6 is 22.6 Å². The number of rotatable bonds is 3. The van der Waals surface area contributed by atoms with Crippen LogP contribution in [0.4, 0.5) is 0 Å². The van der Waals surface area contributed by atoms with Gasteiger partial charge in [-0.3, -0.25) is 0 Å². The maximum Gasteiger partial charge on any atom is 0.163 e. The fourth-order valence-corrected chi connectivity index (χ4v) is 2.22. The maximum atomic E-state index is 5.77. The Hall–Kier alpha value is 0.650. The Morgan fingerprint density at radius 2 is 1.83 bits per heavy atom. The van der Waals surface area contributed by atoms with Crippen molar-refractivity contribution >= 4 is 22.6 Å². The van der Waals surface area contributed by atoms with Crippen LogP contribution in [-0.4, -0.2) is 22.4 Å². The summed E-state index contributed by atoms with van der Waals surface area (Å²) < 4.78 is 12.6. The third-order valence-corrected chi connectivity index (χ3v) is 2.70. The molecule has 0 aromatic carbocycles. The first-order valence-corrected chi connectivity index (χ1v) is 6.03. The second kappa shape index (κ2) is 4.24. The van der Waals surface area contributed by atoms with E-state index in [1.807, 2.05) is 13.8 Å². The van der Waals surface area contributed by atoms with Gasteiger partial charge >= 0.3 is 0 Å². The average molecular weight is 284 g/mol. The quantitative estimate of drug-likeness (QED) is 0.586. The van der Waals surface area contributed by atoms with E-state index in [2.05, 4.69) is 29.5 Å². The summed E-state index contributed by atoms with van der Waals surface area (Å²) in [5.74, 6) is -0.364. The number of hydrogen-bond acceptors (Lipinski definition) is 2. The summed E-state index contributed by atoms with van der Waals surface area (Å²) >= 11 is 2.38. The topological polar surface area (TPSA) is 18.5 Å². The van der Waals surface area contributed by atoms with E-state index in [1.165, 1.54) is 0 Å². The molecule has 2 unspecified atom stereocenters. The number of halogens is 1. The van der Waals surface area contributed by atoms with Gasteiger partial charge in [-0.25, -0.2) is 0 Å². The van der Waals surface area contributed by atoms with Gasteiger partial charge in [0.05, 0.1) is 12.2 Å². The lowest BCUT2D eigenvalue weighted by molar-refractivity contribution is -0.146. The van der Waals surface area contributed by atoms with Crippen LogP contribution < -0.4 is 0 Å². The SMILES string of the molecule is CCC1OC(C)(C)OC1CCI. The predicted octanol–water partition coefficient (Wildman–Crippen LogP) is 2.74. The van der Waals surface area contributed by atoms with Gasteiger partial charge in [0.2, 0.25) is 0 Å². The molecule has 12 heavy (non-hydrogen) atoms. The summed E-state index contributed by atoms with van der Waals surface area (Å²) in [6, 6.07) is 0. The van der Waals surface area contributed by atoms with Crippen molar-refractivity contribution in [2.45, 2.75) is 51.6 Å². The van der Waals surface area contributed by atoms with E-state index in [1.54, 1.807) is 0 Å². The Bertz CT molecular complexity index is 147. The van der Waals surface area contributed by atoms with E-state index in [0.717, 1.165) is 17.3 Å². The second-order valence-corrected chi connectivity index (χ2v) is 4.68. The van der Waals surface area contributed by atoms with Gasteiger partial charge in [-0.2, -0.15) is 0 Å². The third kappa shape index (κ3) is 2.57. The third-order valence-electron chi connectivity index (χ3n) is 2.08. The Morgan fingerprint density at radius 1 is 1.25 bits per heavy atom. The normalized spacial score (nSPS) is 34.0. The van der Waals surface area contributed by atoms with Crippen molar-refractivity contribution in [3.8, 4) is 0 Å². The molecule has 72 valence electrons. The molecule has 1 saturated heterocycles. The summed E-state index contributed by atoms with van der Waals surface area (Å²) in [7, 11) is 0. The van der Waals surface area contributed by atoms with Crippen LogP contribution in [0.15, 0.2) is 0 Å². The molecule has 1 aliphatic heterocycles. The molecule has 2 nitrogen and oxygen atoms in total. The second-order valence-electron chi connectivity index (χ2n) is 3.60. The molecule has 1 fully saturated rings. The van der Waals surface area contributed by atoms with Crippen LogP contribution in [0, 0.1) is 0 Å². The molecule has 0 N–H and O–H groups in total. The van der Waals surface area contributed by atoms with E-state index < -0.39 is 0 Å². The van der Waals surface area contributed by atoms with E-state index in [4.69, 9.17) is 9.47 Å². The standard InChI is InChI=1S/C9H17IO2/c1-4-7-8(5-6-10)12-9(2,3)11-7/h7-8H,4-6H2,1-3H3. The van der Waals surface area contributed by atoms with E-state index in [9.17, 15) is 0 Å². The molecule has 2 atom stereocenters. The van der Waals surface area contributed by atoms with Crippen LogP contribution in [0.3, 0.4) is 0 Å². The monoisotopic (exact) mass is 284 g/mol. The predicted molar refractivity (Wildman–Crippen MR) is 57.6 cm³/mol. The molecule has 0 spiro atoms. The minimum Gasteiger partial charge on any atom is -0.345 e. The number of hydrogen-bond donors (Lipinski definition) is 0. The molecular formula is C9H17IO2. The minimum absolute atomic E-state index is 0.301. The summed E-state index contributed by atoms with van der Waals surface area (Å²) in [6.45, 7) is 6.13. The lowest BCUT2D eigenvalue weighted by Crippen LogP contribution is -2.21. The van der Waals surface area contributed by atoms with E-state index in [-0.39, 0.29) is 5.79 Å². The van der Waals surface area contributed by atoms with Crippen molar-refractivity contribution in [3.05, 3.63) is 0 Å². The van der Waals surface area contributed by atoms with E-state index >= 15 is 0 Å². The summed E-state index contributed by atoms with van der Waals surface area (Å²) in [6.07, 6.45) is 2.75. The van der Waals surface area contributed by atoms with Crippen LogP contribution in [-0.2, 0) is 9.47 Å². The van der Waals surface area contributed by atoms with Gasteiger partial charge in [-0.1, -0.05) is 29.5 Å². The van der Waals surface area contributed by atoms with Crippen molar-refractivity contribution in [3.63, 3.8) is 0 Å². The summed E-state index contributed by atoms with van der Waals surface area (Å²) in [5, 5.41) is 0. The van der Waals surface area contributed by atoms with Gasteiger partial charge in [0.25, 0.3) is 0 Å². The lowest BCUT2D eigenvalue weighted by Gasteiger charge is -2.16. The van der Waals surface area contributed by atoms with Crippen molar-refractivity contribution in [1.82, 2.24) is 0 Å². The highest BCUT2D eigenvalue weighted by atomic mass is 127. The van der Waals surface area contributed by atoms with Crippen molar-refractivity contribution in [2.24, 2.45) is 0 Å². The summed E-state index contributed by atoms with van der Waals surface area (Å²) in [4.78, 5) is 0. The average Bonchev–Trinajstić information content (AvgIpc) is 2.26. The Labute approximate surface area is 88.1 Å². The van der Waals surface area contributed by atoms with Crippen LogP contribution in [0.25, 0.3) is 0 Å². The maximum absolute atomic E-state index is 5.77. The van der Waals surface area contributed by atoms with Gasteiger partial charge in [-0.15, -0.1) is 0 Å². The minimum atomic E-state index is -0.364. The Balaban J connectivity index is 2.50. The van der Waals surface area contributed by atoms with Gasteiger partial charge in [-0.05, 0) is 26.7 Å². The largest absolute Gasteiger partial charge is 0.345 e. The molecule has 0 aromatic heterocycles. The first-order chi connectivity index (χ1) is 5.59. The molecule has 0 radical (unpaired) electrons. The molecule has 1 rings (SSSR count). The first-order valence-electron chi connectivity index (χ1n) is 4.50. The highest BCUT2D eigenvalue weighted by Gasteiger charge is 2.39. The van der Waals surface area contributed by atoms with Crippen LogP contribution in [0.5, 0.6) is 0 Å². The van der Waals surface area contributed by atoms with Crippen LogP contribution in [0.2, 0.25) is 0 Å². The van der Waals surface area contributed by atoms with Crippen molar-refractivity contribution < 1.29 is 9.47 Å². The summed E-state index contributed by atoms with van der Waals surface area (Å²) in [5.41, 5.74) is 0. The smallest absolute Gasteiger partial charge is 0.163 e. The Morgan fingerprint density at radius 3 is 2.33 bits per heavy atom. The van der Waals surface area contributed by atoms with Gasteiger partial charge in [0.15, 0.2) is 5.79 Å². The van der Waals surface area contributed by atoms with Gasteiger partial charge < -0.3 is 9.47 Å². The zero-order valence-electron chi connectivity index (χ0n) is 7.97. The first kappa shape index (κ1) is 10.7. The van der Waals surface area contributed by atoms with Gasteiger partial charge in [0, 0.05) is 4.43 Å². The lowest BCUT2D eigenvalue weighted by atomic mass is 10.1. The molecule has 0 aromatic rings. The zero-order chi connectivity index (χ0) is 9.19. The zero-order valence-corrected chi connectivity index (χ0v) is 10.1.